The lowest BCUT2D eigenvalue weighted by atomic mass is 9.90. The van der Waals surface area contributed by atoms with Gasteiger partial charge >= 0.3 is 0 Å². The molecule has 1 atom stereocenters. The first-order valence-electron chi connectivity index (χ1n) is 11.2. The van der Waals surface area contributed by atoms with Crippen LogP contribution in [0.25, 0.3) is 0 Å². The summed E-state index contributed by atoms with van der Waals surface area (Å²) in [5.74, 6) is -2.77. The van der Waals surface area contributed by atoms with E-state index in [1.807, 2.05) is 76.5 Å². The predicted molar refractivity (Wildman–Crippen MR) is 128 cm³/mol. The molecule has 2 heterocycles. The molecule has 0 N–H and O–H groups in total. The van der Waals surface area contributed by atoms with Gasteiger partial charge in [-0.2, -0.15) is 0 Å². The number of fused-ring (bicyclic) bond motifs is 1. The predicted octanol–water partition coefficient (Wildman–Crippen LogP) is 6.31. The van der Waals surface area contributed by atoms with Crippen LogP contribution < -0.4 is 0 Å². The minimum Gasteiger partial charge on any atom is -0.290 e. The highest BCUT2D eigenvalue weighted by molar-refractivity contribution is 9.10. The number of piperidine rings is 1. The lowest BCUT2D eigenvalue weighted by Crippen LogP contribution is -2.59. The van der Waals surface area contributed by atoms with Gasteiger partial charge in [-0.05, 0) is 47.2 Å². The fourth-order valence-corrected chi connectivity index (χ4v) is 5.73. The third-order valence-electron chi connectivity index (χ3n) is 6.84. The summed E-state index contributed by atoms with van der Waals surface area (Å²) in [6.07, 6.45) is 1.29. The van der Waals surface area contributed by atoms with Crippen LogP contribution in [0.5, 0.6) is 0 Å². The van der Waals surface area contributed by atoms with Crippen LogP contribution >= 0.6 is 15.9 Å². The number of rotatable bonds is 4. The SMILES string of the molecule is FC1(F)CN(C(c2ccccc2)c2ccccc2)CCC1N1CCc2cc(Br)ccc2C1. The van der Waals surface area contributed by atoms with E-state index in [-0.39, 0.29) is 12.6 Å². The molecular weight excluding hydrogens is 470 g/mol. The monoisotopic (exact) mass is 496 g/mol. The van der Waals surface area contributed by atoms with E-state index in [0.29, 0.717) is 26.1 Å². The molecule has 0 amide bonds. The first-order chi connectivity index (χ1) is 15.5. The summed E-state index contributed by atoms with van der Waals surface area (Å²) in [5.41, 5.74) is 4.56. The van der Waals surface area contributed by atoms with Gasteiger partial charge in [-0.3, -0.25) is 9.80 Å². The van der Waals surface area contributed by atoms with Crippen LogP contribution in [0.4, 0.5) is 8.78 Å². The maximum absolute atomic E-state index is 15.6. The number of nitrogens with zero attached hydrogens (tertiary/aromatic N) is 2. The second-order valence-electron chi connectivity index (χ2n) is 8.89. The summed E-state index contributed by atoms with van der Waals surface area (Å²) in [6, 6.07) is 25.4. The van der Waals surface area contributed by atoms with Crippen molar-refractivity contribution < 1.29 is 8.78 Å². The summed E-state index contributed by atoms with van der Waals surface area (Å²) in [6.45, 7) is 1.71. The molecule has 1 saturated heterocycles. The zero-order chi connectivity index (χ0) is 22.1. The zero-order valence-electron chi connectivity index (χ0n) is 17.9. The van der Waals surface area contributed by atoms with E-state index in [2.05, 4.69) is 28.1 Å². The maximum Gasteiger partial charge on any atom is 0.275 e. The average Bonchev–Trinajstić information content (AvgIpc) is 2.80. The van der Waals surface area contributed by atoms with E-state index in [9.17, 15) is 0 Å². The van der Waals surface area contributed by atoms with Crippen LogP contribution in [-0.4, -0.2) is 41.4 Å². The topological polar surface area (TPSA) is 6.48 Å². The molecule has 1 fully saturated rings. The molecule has 166 valence electrons. The third kappa shape index (κ3) is 4.39. The Hall–Kier alpha value is -2.08. The van der Waals surface area contributed by atoms with Crippen LogP contribution in [0.1, 0.15) is 34.7 Å². The first kappa shape index (κ1) is 21.7. The van der Waals surface area contributed by atoms with Gasteiger partial charge in [0, 0.05) is 24.1 Å². The van der Waals surface area contributed by atoms with E-state index < -0.39 is 12.0 Å². The van der Waals surface area contributed by atoms with Crippen molar-refractivity contribution in [2.24, 2.45) is 0 Å². The number of alkyl halides is 2. The molecule has 0 aromatic heterocycles. The van der Waals surface area contributed by atoms with Crippen molar-refractivity contribution in [1.82, 2.24) is 9.80 Å². The highest BCUT2D eigenvalue weighted by Gasteiger charge is 2.49. The quantitative estimate of drug-likeness (QED) is 0.417. The Morgan fingerprint density at radius 1 is 0.844 bits per heavy atom. The minimum atomic E-state index is -2.77. The van der Waals surface area contributed by atoms with Crippen molar-refractivity contribution in [3.8, 4) is 0 Å². The summed E-state index contributed by atoms with van der Waals surface area (Å²) in [4.78, 5) is 3.98. The van der Waals surface area contributed by atoms with Crippen molar-refractivity contribution in [2.45, 2.75) is 37.4 Å². The van der Waals surface area contributed by atoms with E-state index in [0.717, 1.165) is 22.0 Å². The van der Waals surface area contributed by atoms with Gasteiger partial charge in [0.1, 0.15) is 0 Å². The van der Waals surface area contributed by atoms with Crippen molar-refractivity contribution in [3.05, 3.63) is 106 Å². The molecule has 5 heteroatoms. The lowest BCUT2D eigenvalue weighted by Gasteiger charge is -2.47. The molecule has 2 aliphatic heterocycles. The van der Waals surface area contributed by atoms with Crippen molar-refractivity contribution in [3.63, 3.8) is 0 Å². The number of benzene rings is 3. The number of likely N-dealkylation sites (tertiary alicyclic amines) is 1. The number of hydrogen-bond donors (Lipinski definition) is 0. The van der Waals surface area contributed by atoms with Crippen LogP contribution in [0.3, 0.4) is 0 Å². The molecule has 2 nitrogen and oxygen atoms in total. The lowest BCUT2D eigenvalue weighted by molar-refractivity contribution is -0.135. The second-order valence-corrected chi connectivity index (χ2v) is 9.81. The molecule has 0 bridgehead atoms. The Morgan fingerprint density at radius 2 is 1.50 bits per heavy atom. The van der Waals surface area contributed by atoms with E-state index >= 15 is 8.78 Å². The average molecular weight is 497 g/mol. The number of halogens is 3. The summed E-state index contributed by atoms with van der Waals surface area (Å²) in [7, 11) is 0. The highest BCUT2D eigenvalue weighted by atomic mass is 79.9. The first-order valence-corrected chi connectivity index (χ1v) is 12.0. The molecule has 5 rings (SSSR count). The molecule has 3 aromatic carbocycles. The molecule has 0 radical (unpaired) electrons. The molecule has 0 spiro atoms. The van der Waals surface area contributed by atoms with Crippen LogP contribution in [-0.2, 0) is 13.0 Å². The molecule has 0 aliphatic carbocycles. The van der Waals surface area contributed by atoms with E-state index in [1.165, 1.54) is 11.1 Å². The fraction of sp³-hybridized carbons (Fsp3) is 0.333. The smallest absolute Gasteiger partial charge is 0.275 e. The van der Waals surface area contributed by atoms with Gasteiger partial charge in [0.2, 0.25) is 0 Å². The molecule has 2 aliphatic rings. The Balaban J connectivity index is 1.38. The van der Waals surface area contributed by atoms with Crippen LogP contribution in [0.15, 0.2) is 83.3 Å². The Bertz CT molecular complexity index is 1020. The highest BCUT2D eigenvalue weighted by Crippen LogP contribution is 2.39. The van der Waals surface area contributed by atoms with Crippen LogP contribution in [0.2, 0.25) is 0 Å². The Morgan fingerprint density at radius 3 is 2.12 bits per heavy atom. The largest absolute Gasteiger partial charge is 0.290 e. The third-order valence-corrected chi connectivity index (χ3v) is 7.33. The zero-order valence-corrected chi connectivity index (χ0v) is 19.5. The van der Waals surface area contributed by atoms with E-state index in [1.54, 1.807) is 0 Å². The van der Waals surface area contributed by atoms with Gasteiger partial charge in [-0.25, -0.2) is 8.78 Å². The van der Waals surface area contributed by atoms with Gasteiger partial charge in [-0.1, -0.05) is 82.7 Å². The molecule has 3 aromatic rings. The van der Waals surface area contributed by atoms with E-state index in [4.69, 9.17) is 0 Å². The van der Waals surface area contributed by atoms with Gasteiger partial charge in [0.05, 0.1) is 18.6 Å². The summed E-state index contributed by atoms with van der Waals surface area (Å²) < 4.78 is 32.3. The Labute approximate surface area is 197 Å². The standard InChI is InChI=1S/C27H27BrF2N2/c28-24-12-11-23-18-31(15-13-22(23)17-24)25-14-16-32(19-27(25,29)30)26(20-7-3-1-4-8-20)21-9-5-2-6-10-21/h1-12,17,25-26H,13-16,18-19H2. The van der Waals surface area contributed by atoms with Gasteiger partial charge < -0.3 is 0 Å². The molecule has 1 unspecified atom stereocenters. The van der Waals surface area contributed by atoms with Crippen molar-refractivity contribution >= 4 is 15.9 Å². The fourth-order valence-electron chi connectivity index (χ4n) is 5.32. The van der Waals surface area contributed by atoms with Crippen molar-refractivity contribution in [2.75, 3.05) is 19.6 Å². The molecule has 0 saturated carbocycles. The minimum absolute atomic E-state index is 0.163. The summed E-state index contributed by atoms with van der Waals surface area (Å²) in [5, 5.41) is 0. The second kappa shape index (κ2) is 9.05. The number of hydrogen-bond acceptors (Lipinski definition) is 2. The van der Waals surface area contributed by atoms with Crippen LogP contribution in [0, 0.1) is 0 Å². The summed E-state index contributed by atoms with van der Waals surface area (Å²) >= 11 is 3.52. The van der Waals surface area contributed by atoms with Crippen molar-refractivity contribution in [1.29, 1.82) is 0 Å². The molecular formula is C27H27BrF2N2. The van der Waals surface area contributed by atoms with Gasteiger partial charge in [0.15, 0.2) is 0 Å². The maximum atomic E-state index is 15.6. The van der Waals surface area contributed by atoms with Gasteiger partial charge in [-0.15, -0.1) is 0 Å². The van der Waals surface area contributed by atoms with Gasteiger partial charge in [0.25, 0.3) is 5.92 Å². The Kier molecular flexibility index (Phi) is 6.15. The molecule has 32 heavy (non-hydrogen) atoms. The normalized spacial score (nSPS) is 21.4.